The van der Waals surface area contributed by atoms with Gasteiger partial charge in [-0.1, -0.05) is 11.6 Å². The third-order valence-corrected chi connectivity index (χ3v) is 2.08. The smallest absolute Gasteiger partial charge is 0.145 e. The van der Waals surface area contributed by atoms with Crippen LogP contribution in [0.25, 0.3) is 0 Å². The van der Waals surface area contributed by atoms with E-state index >= 15 is 0 Å². The first-order valence-electron chi connectivity index (χ1n) is 3.84. The summed E-state index contributed by atoms with van der Waals surface area (Å²) in [7, 11) is 0. The maximum atomic E-state index is 5.85. The van der Waals surface area contributed by atoms with Crippen LogP contribution in [0.1, 0.15) is 12.8 Å². The normalized spacial score (nSPS) is 16.1. The Labute approximate surface area is 75.5 Å². The molecule has 0 aliphatic heterocycles. The third-order valence-electron chi connectivity index (χ3n) is 1.70. The van der Waals surface area contributed by atoms with Gasteiger partial charge in [-0.05, 0) is 12.8 Å². The van der Waals surface area contributed by atoms with Crippen molar-refractivity contribution in [2.45, 2.75) is 18.9 Å². The number of ether oxygens (including phenoxy) is 1. The number of aromatic nitrogens is 1. The molecule has 64 valence electrons. The van der Waals surface area contributed by atoms with Crippen LogP contribution in [0.5, 0.6) is 5.75 Å². The summed E-state index contributed by atoms with van der Waals surface area (Å²) in [5.41, 5.74) is 5.49. The van der Waals surface area contributed by atoms with Gasteiger partial charge in [0.1, 0.15) is 16.6 Å². The first-order valence-corrected chi connectivity index (χ1v) is 4.22. The van der Waals surface area contributed by atoms with Crippen LogP contribution in [0.4, 0.5) is 5.82 Å². The molecule has 1 saturated carbocycles. The van der Waals surface area contributed by atoms with Crippen LogP contribution in [0, 0.1) is 0 Å². The van der Waals surface area contributed by atoms with Gasteiger partial charge in [-0.25, -0.2) is 4.98 Å². The molecule has 0 radical (unpaired) electrons. The van der Waals surface area contributed by atoms with E-state index in [0.29, 0.717) is 22.7 Å². The van der Waals surface area contributed by atoms with Gasteiger partial charge in [0.25, 0.3) is 0 Å². The maximum Gasteiger partial charge on any atom is 0.145 e. The summed E-state index contributed by atoms with van der Waals surface area (Å²) in [6, 6.07) is 1.73. The fourth-order valence-corrected chi connectivity index (χ4v) is 1.05. The minimum atomic E-state index is 0.329. The SMILES string of the molecule is Nc1nccc(OC2CC2)c1Cl. The van der Waals surface area contributed by atoms with Gasteiger partial charge < -0.3 is 10.5 Å². The topological polar surface area (TPSA) is 48.1 Å². The summed E-state index contributed by atoms with van der Waals surface area (Å²) in [6.45, 7) is 0. The molecule has 0 bridgehead atoms. The summed E-state index contributed by atoms with van der Waals surface area (Å²) in [5, 5.41) is 0.421. The molecule has 3 nitrogen and oxygen atoms in total. The van der Waals surface area contributed by atoms with E-state index in [-0.39, 0.29) is 0 Å². The van der Waals surface area contributed by atoms with Gasteiger partial charge in [0.15, 0.2) is 0 Å². The summed E-state index contributed by atoms with van der Waals surface area (Å²) in [6.07, 6.45) is 4.15. The van der Waals surface area contributed by atoms with Gasteiger partial charge in [0.2, 0.25) is 0 Å². The molecule has 1 fully saturated rings. The Hall–Kier alpha value is -0.960. The maximum absolute atomic E-state index is 5.85. The lowest BCUT2D eigenvalue weighted by Gasteiger charge is -2.06. The van der Waals surface area contributed by atoms with E-state index in [1.54, 1.807) is 12.3 Å². The van der Waals surface area contributed by atoms with Crippen molar-refractivity contribution in [2.75, 3.05) is 5.73 Å². The van der Waals surface area contributed by atoms with E-state index in [9.17, 15) is 0 Å². The zero-order valence-corrected chi connectivity index (χ0v) is 7.21. The minimum absolute atomic E-state index is 0.329. The van der Waals surface area contributed by atoms with Gasteiger partial charge >= 0.3 is 0 Å². The Morgan fingerprint density at radius 3 is 3.00 bits per heavy atom. The second-order valence-electron chi connectivity index (χ2n) is 2.83. The number of nitrogen functional groups attached to an aromatic ring is 1. The first kappa shape index (κ1) is 7.68. The minimum Gasteiger partial charge on any atom is -0.489 e. The van der Waals surface area contributed by atoms with Crippen molar-refractivity contribution >= 4 is 17.4 Å². The molecule has 2 rings (SSSR count). The molecule has 2 N–H and O–H groups in total. The Bertz CT molecular complexity index is 299. The molecule has 0 unspecified atom stereocenters. The van der Waals surface area contributed by atoms with Gasteiger partial charge in [0, 0.05) is 12.3 Å². The standard InChI is InChI=1S/C8H9ClN2O/c9-7-6(12-5-1-2-5)3-4-11-8(7)10/h3-5H,1-2H2,(H2,10,11). The number of nitrogens with zero attached hydrogens (tertiary/aromatic N) is 1. The fourth-order valence-electron chi connectivity index (χ4n) is 0.898. The van der Waals surface area contributed by atoms with Gasteiger partial charge in [-0.15, -0.1) is 0 Å². The number of pyridine rings is 1. The zero-order valence-electron chi connectivity index (χ0n) is 6.46. The molecule has 1 aromatic rings. The van der Waals surface area contributed by atoms with Crippen molar-refractivity contribution in [1.82, 2.24) is 4.98 Å². The molecule has 1 aliphatic rings. The van der Waals surface area contributed by atoms with E-state index in [2.05, 4.69) is 4.98 Å². The average Bonchev–Trinajstić information content (AvgIpc) is 2.83. The lowest BCUT2D eigenvalue weighted by Crippen LogP contribution is -1.99. The molecule has 12 heavy (non-hydrogen) atoms. The second-order valence-corrected chi connectivity index (χ2v) is 3.20. The van der Waals surface area contributed by atoms with E-state index < -0.39 is 0 Å². The summed E-state index contributed by atoms with van der Waals surface area (Å²) >= 11 is 5.85. The quantitative estimate of drug-likeness (QED) is 0.763. The molecule has 4 heteroatoms. The largest absolute Gasteiger partial charge is 0.489 e. The van der Waals surface area contributed by atoms with Crippen LogP contribution in [-0.4, -0.2) is 11.1 Å². The molecule has 0 spiro atoms. The Balaban J connectivity index is 2.23. The van der Waals surface area contributed by atoms with E-state index in [1.807, 2.05) is 0 Å². The highest BCUT2D eigenvalue weighted by Crippen LogP contribution is 2.33. The third kappa shape index (κ3) is 1.46. The number of anilines is 1. The molecule has 0 aromatic carbocycles. The lowest BCUT2D eigenvalue weighted by atomic mass is 10.4. The number of halogens is 1. The van der Waals surface area contributed by atoms with Crippen LogP contribution in [0.15, 0.2) is 12.3 Å². The number of rotatable bonds is 2. The Kier molecular flexibility index (Phi) is 1.81. The van der Waals surface area contributed by atoms with Gasteiger partial charge in [0.05, 0.1) is 6.10 Å². The average molecular weight is 185 g/mol. The van der Waals surface area contributed by atoms with Crippen molar-refractivity contribution < 1.29 is 4.74 Å². The second kappa shape index (κ2) is 2.83. The van der Waals surface area contributed by atoms with Crippen LogP contribution >= 0.6 is 11.6 Å². The molecule has 1 aliphatic carbocycles. The molecule has 1 aromatic heterocycles. The lowest BCUT2D eigenvalue weighted by molar-refractivity contribution is 0.303. The Morgan fingerprint density at radius 1 is 1.58 bits per heavy atom. The molecular formula is C8H9ClN2O. The van der Waals surface area contributed by atoms with Crippen LogP contribution in [-0.2, 0) is 0 Å². The highest BCUT2D eigenvalue weighted by Gasteiger charge is 2.24. The number of hydrogen-bond acceptors (Lipinski definition) is 3. The molecule has 0 atom stereocenters. The van der Waals surface area contributed by atoms with Crippen LogP contribution in [0.3, 0.4) is 0 Å². The predicted octanol–water partition coefficient (Wildman–Crippen LogP) is 1.86. The van der Waals surface area contributed by atoms with E-state index in [4.69, 9.17) is 22.1 Å². The van der Waals surface area contributed by atoms with E-state index in [0.717, 1.165) is 12.8 Å². The Morgan fingerprint density at radius 2 is 2.33 bits per heavy atom. The van der Waals surface area contributed by atoms with Crippen molar-refractivity contribution in [3.63, 3.8) is 0 Å². The van der Waals surface area contributed by atoms with Crippen molar-refractivity contribution in [2.24, 2.45) is 0 Å². The summed E-state index contributed by atoms with van der Waals surface area (Å²) < 4.78 is 5.48. The van der Waals surface area contributed by atoms with E-state index in [1.165, 1.54) is 0 Å². The molecular weight excluding hydrogens is 176 g/mol. The zero-order chi connectivity index (χ0) is 8.55. The molecule has 0 amide bonds. The summed E-state index contributed by atoms with van der Waals surface area (Å²) in [5.74, 6) is 0.974. The first-order chi connectivity index (χ1) is 5.77. The highest BCUT2D eigenvalue weighted by molar-refractivity contribution is 6.34. The van der Waals surface area contributed by atoms with Crippen LogP contribution in [0.2, 0.25) is 5.02 Å². The number of nitrogens with two attached hydrogens (primary N) is 1. The fraction of sp³-hybridized carbons (Fsp3) is 0.375. The summed E-state index contributed by atoms with van der Waals surface area (Å²) in [4.78, 5) is 3.83. The molecule has 0 saturated heterocycles. The highest BCUT2D eigenvalue weighted by atomic mass is 35.5. The number of hydrogen-bond donors (Lipinski definition) is 1. The van der Waals surface area contributed by atoms with Crippen molar-refractivity contribution in [3.05, 3.63) is 17.3 Å². The van der Waals surface area contributed by atoms with Crippen molar-refractivity contribution in [1.29, 1.82) is 0 Å². The molecule has 1 heterocycles. The van der Waals surface area contributed by atoms with Crippen LogP contribution < -0.4 is 10.5 Å². The monoisotopic (exact) mass is 184 g/mol. The van der Waals surface area contributed by atoms with Gasteiger partial charge in [-0.3, -0.25) is 0 Å². The van der Waals surface area contributed by atoms with Crippen molar-refractivity contribution in [3.8, 4) is 5.75 Å². The predicted molar refractivity (Wildman–Crippen MR) is 47.3 cm³/mol. The van der Waals surface area contributed by atoms with Gasteiger partial charge in [-0.2, -0.15) is 0 Å².